The van der Waals surface area contributed by atoms with E-state index in [0.717, 1.165) is 30.4 Å². The number of ether oxygens (including phenoxy) is 2. The van der Waals surface area contributed by atoms with Crippen LogP contribution in [0.3, 0.4) is 0 Å². The van der Waals surface area contributed by atoms with Crippen LogP contribution in [-0.2, 0) is 22.4 Å². The molecular formula is C24H31NO6. The second-order valence-corrected chi connectivity index (χ2v) is 9.10. The molecule has 1 aromatic carbocycles. The maximum Gasteiger partial charge on any atom is 0.408 e. The maximum atomic E-state index is 13.0. The van der Waals surface area contributed by atoms with Gasteiger partial charge in [-0.2, -0.15) is 0 Å². The first-order valence-electron chi connectivity index (χ1n) is 10.9. The normalized spacial score (nSPS) is 14.6. The topological polar surface area (TPSA) is 94.8 Å². The van der Waals surface area contributed by atoms with Crippen LogP contribution in [0.2, 0.25) is 0 Å². The van der Waals surface area contributed by atoms with Crippen LogP contribution in [0.25, 0.3) is 11.0 Å². The Balaban J connectivity index is 1.94. The summed E-state index contributed by atoms with van der Waals surface area (Å²) in [4.78, 5) is 37.6. The zero-order chi connectivity index (χ0) is 22.8. The predicted octanol–water partition coefficient (Wildman–Crippen LogP) is 4.58. The van der Waals surface area contributed by atoms with Crippen LogP contribution in [0.1, 0.15) is 70.1 Å². The molecule has 0 saturated carbocycles. The molecule has 3 rings (SSSR count). The van der Waals surface area contributed by atoms with Crippen molar-refractivity contribution in [3.05, 3.63) is 39.2 Å². The van der Waals surface area contributed by atoms with Gasteiger partial charge in [-0.15, -0.1) is 0 Å². The molecule has 1 amide bonds. The molecule has 1 aromatic heterocycles. The first-order valence-corrected chi connectivity index (χ1v) is 10.9. The number of carbonyl (C=O) groups excluding carboxylic acids is 2. The molecule has 1 aliphatic carbocycles. The van der Waals surface area contributed by atoms with Crippen LogP contribution in [0, 0.1) is 6.92 Å². The largest absolute Gasteiger partial charge is 0.444 e. The number of amides is 1. The number of benzene rings is 1. The molecule has 1 N–H and O–H groups in total. The maximum absolute atomic E-state index is 13.0. The third-order valence-corrected chi connectivity index (χ3v) is 5.19. The van der Waals surface area contributed by atoms with Gasteiger partial charge in [-0.1, -0.05) is 13.3 Å². The molecule has 0 spiro atoms. The number of rotatable bonds is 5. The van der Waals surface area contributed by atoms with Gasteiger partial charge in [0.25, 0.3) is 0 Å². The van der Waals surface area contributed by atoms with E-state index in [-0.39, 0.29) is 5.63 Å². The zero-order valence-electron chi connectivity index (χ0n) is 18.9. The summed E-state index contributed by atoms with van der Waals surface area (Å²) in [7, 11) is 0. The molecule has 0 saturated heterocycles. The van der Waals surface area contributed by atoms with Crippen LogP contribution in [0.5, 0.6) is 5.75 Å². The van der Waals surface area contributed by atoms with Crippen molar-refractivity contribution in [3.63, 3.8) is 0 Å². The van der Waals surface area contributed by atoms with Gasteiger partial charge in [0.1, 0.15) is 23.0 Å². The van der Waals surface area contributed by atoms with Crippen LogP contribution in [0.15, 0.2) is 21.3 Å². The molecule has 2 aromatic rings. The minimum atomic E-state index is -0.845. The van der Waals surface area contributed by atoms with Gasteiger partial charge in [-0.25, -0.2) is 14.4 Å². The summed E-state index contributed by atoms with van der Waals surface area (Å²) in [6, 6.07) is 2.71. The fraction of sp³-hybridized carbons (Fsp3) is 0.542. The van der Waals surface area contributed by atoms with E-state index in [2.05, 4.69) is 5.32 Å². The van der Waals surface area contributed by atoms with E-state index < -0.39 is 23.7 Å². The number of esters is 1. The van der Waals surface area contributed by atoms with Gasteiger partial charge in [0, 0.05) is 5.56 Å². The van der Waals surface area contributed by atoms with Crippen molar-refractivity contribution in [2.45, 2.75) is 84.8 Å². The van der Waals surface area contributed by atoms with E-state index >= 15 is 0 Å². The molecule has 0 radical (unpaired) electrons. The lowest BCUT2D eigenvalue weighted by atomic mass is 9.90. The first kappa shape index (κ1) is 22.8. The van der Waals surface area contributed by atoms with Gasteiger partial charge in [-0.05, 0) is 83.1 Å². The van der Waals surface area contributed by atoms with E-state index in [1.54, 1.807) is 32.9 Å². The molecule has 0 fully saturated rings. The summed E-state index contributed by atoms with van der Waals surface area (Å²) in [5.74, 6) is -0.218. The Morgan fingerprint density at radius 3 is 2.48 bits per heavy atom. The van der Waals surface area contributed by atoms with Gasteiger partial charge in [-0.3, -0.25) is 0 Å². The molecule has 7 heteroatoms. The lowest BCUT2D eigenvalue weighted by Gasteiger charge is -2.23. The zero-order valence-corrected chi connectivity index (χ0v) is 18.9. The summed E-state index contributed by atoms with van der Waals surface area (Å²) in [5, 5.41) is 3.29. The van der Waals surface area contributed by atoms with Crippen molar-refractivity contribution >= 4 is 23.0 Å². The highest BCUT2D eigenvalue weighted by molar-refractivity contribution is 5.92. The molecule has 31 heavy (non-hydrogen) atoms. The number of alkyl carbamates (subject to hydrolysis) is 1. The number of nitrogens with one attached hydrogen (secondary N) is 1. The molecule has 1 unspecified atom stereocenters. The fourth-order valence-electron chi connectivity index (χ4n) is 3.91. The van der Waals surface area contributed by atoms with E-state index in [0.29, 0.717) is 41.5 Å². The van der Waals surface area contributed by atoms with Gasteiger partial charge < -0.3 is 19.2 Å². The Labute approximate surface area is 182 Å². The molecule has 7 nitrogen and oxygen atoms in total. The smallest absolute Gasteiger partial charge is 0.408 e. The SMILES string of the molecule is CCCC(NC(=O)OC(C)(C)C)C(=O)Oc1cc(C)cc2oc(=O)c3c(c12)CCCC3. The Morgan fingerprint density at radius 2 is 1.84 bits per heavy atom. The van der Waals surface area contributed by atoms with Crippen molar-refractivity contribution in [1.29, 1.82) is 0 Å². The van der Waals surface area contributed by atoms with E-state index in [9.17, 15) is 14.4 Å². The number of carbonyl (C=O) groups is 2. The van der Waals surface area contributed by atoms with Crippen molar-refractivity contribution in [1.82, 2.24) is 5.32 Å². The van der Waals surface area contributed by atoms with Crippen LogP contribution >= 0.6 is 0 Å². The molecule has 0 bridgehead atoms. The number of hydrogen-bond donors (Lipinski definition) is 1. The molecule has 1 heterocycles. The Morgan fingerprint density at radius 1 is 1.16 bits per heavy atom. The molecule has 0 aliphatic heterocycles. The van der Waals surface area contributed by atoms with Gasteiger partial charge in [0.2, 0.25) is 0 Å². The quantitative estimate of drug-likeness (QED) is 0.425. The van der Waals surface area contributed by atoms with Crippen LogP contribution in [-0.4, -0.2) is 23.7 Å². The molecular weight excluding hydrogens is 398 g/mol. The summed E-state index contributed by atoms with van der Waals surface area (Å²) in [6.07, 6.45) is 3.71. The standard InChI is InChI=1S/C24H31NO6/c1-6-9-17(25-23(28)31-24(3,4)5)22(27)30-19-13-14(2)12-18-20(19)15-10-7-8-11-16(15)21(26)29-18/h12-13,17H,6-11H2,1-5H3,(H,25,28). The van der Waals surface area contributed by atoms with Crippen molar-refractivity contribution in [2.24, 2.45) is 0 Å². The second kappa shape index (κ2) is 9.12. The molecule has 1 atom stereocenters. The van der Waals surface area contributed by atoms with Crippen LogP contribution < -0.4 is 15.7 Å². The van der Waals surface area contributed by atoms with E-state index in [1.165, 1.54) is 0 Å². The summed E-state index contributed by atoms with van der Waals surface area (Å²) in [6.45, 7) is 9.05. The summed E-state index contributed by atoms with van der Waals surface area (Å²) in [5.41, 5.74) is 1.79. The van der Waals surface area contributed by atoms with E-state index in [4.69, 9.17) is 13.9 Å². The summed E-state index contributed by atoms with van der Waals surface area (Å²) < 4.78 is 16.6. The molecule has 1 aliphatic rings. The minimum absolute atomic E-state index is 0.319. The third kappa shape index (κ3) is 5.46. The fourth-order valence-corrected chi connectivity index (χ4v) is 3.91. The lowest BCUT2D eigenvalue weighted by Crippen LogP contribution is -2.45. The lowest BCUT2D eigenvalue weighted by molar-refractivity contribution is -0.136. The average Bonchev–Trinajstić information content (AvgIpc) is 2.65. The van der Waals surface area contributed by atoms with E-state index in [1.807, 2.05) is 13.8 Å². The van der Waals surface area contributed by atoms with Gasteiger partial charge in [0.05, 0.1) is 5.39 Å². The number of fused-ring (bicyclic) bond motifs is 3. The first-order chi connectivity index (χ1) is 14.6. The average molecular weight is 430 g/mol. The van der Waals surface area contributed by atoms with Gasteiger partial charge >= 0.3 is 17.7 Å². The third-order valence-electron chi connectivity index (χ3n) is 5.19. The highest BCUT2D eigenvalue weighted by Gasteiger charge is 2.27. The van der Waals surface area contributed by atoms with Crippen molar-refractivity contribution in [2.75, 3.05) is 0 Å². The highest BCUT2D eigenvalue weighted by Crippen LogP contribution is 2.34. The van der Waals surface area contributed by atoms with Crippen molar-refractivity contribution in [3.8, 4) is 5.75 Å². The predicted molar refractivity (Wildman–Crippen MR) is 118 cm³/mol. The monoisotopic (exact) mass is 429 g/mol. The Kier molecular flexibility index (Phi) is 6.72. The highest BCUT2D eigenvalue weighted by atomic mass is 16.6. The Bertz CT molecular complexity index is 1050. The Hall–Kier alpha value is -2.83. The van der Waals surface area contributed by atoms with Gasteiger partial charge in [0.15, 0.2) is 0 Å². The summed E-state index contributed by atoms with van der Waals surface area (Å²) >= 11 is 0. The number of hydrogen-bond acceptors (Lipinski definition) is 6. The number of aryl methyl sites for hydroxylation is 2. The second-order valence-electron chi connectivity index (χ2n) is 9.10. The minimum Gasteiger partial charge on any atom is -0.444 e. The van der Waals surface area contributed by atoms with Crippen molar-refractivity contribution < 1.29 is 23.5 Å². The van der Waals surface area contributed by atoms with Crippen LogP contribution in [0.4, 0.5) is 4.79 Å². The molecule has 168 valence electrons.